The van der Waals surface area contributed by atoms with E-state index in [1.54, 1.807) is 6.92 Å². The molecule has 0 aliphatic heterocycles. The zero-order valence-corrected chi connectivity index (χ0v) is 15.5. The molecule has 0 aromatic heterocycles. The first-order valence-electron chi connectivity index (χ1n) is 8.37. The van der Waals surface area contributed by atoms with Crippen molar-refractivity contribution in [2.24, 2.45) is 11.3 Å². The van der Waals surface area contributed by atoms with Crippen LogP contribution in [0.4, 0.5) is 0 Å². The Morgan fingerprint density at radius 3 is 2.22 bits per heavy atom. The van der Waals surface area contributed by atoms with Gasteiger partial charge in [-0.05, 0) is 24.7 Å². The largest absolute Gasteiger partial charge is 0.462 e. The maximum Gasteiger partial charge on any atom is 0.337 e. The molecule has 0 aromatic carbocycles. The van der Waals surface area contributed by atoms with E-state index in [-0.39, 0.29) is 5.57 Å². The van der Waals surface area contributed by atoms with E-state index >= 15 is 0 Å². The highest BCUT2D eigenvalue weighted by Crippen LogP contribution is 2.27. The second-order valence-corrected chi connectivity index (χ2v) is 6.98. The normalized spacial score (nSPS) is 13.4. The summed E-state index contributed by atoms with van der Waals surface area (Å²) in [6, 6.07) is 0. The van der Waals surface area contributed by atoms with Gasteiger partial charge in [-0.3, -0.25) is 0 Å². The van der Waals surface area contributed by atoms with E-state index in [9.17, 15) is 9.59 Å². The van der Waals surface area contributed by atoms with E-state index in [0.29, 0.717) is 18.1 Å². The minimum absolute atomic E-state index is 0.286. The van der Waals surface area contributed by atoms with E-state index in [4.69, 9.17) is 9.47 Å². The summed E-state index contributed by atoms with van der Waals surface area (Å²) in [5.41, 5.74) is 0.156. The molecule has 0 fully saturated rings. The second kappa shape index (κ2) is 10.2. The molecule has 0 saturated carbocycles. The van der Waals surface area contributed by atoms with Crippen molar-refractivity contribution >= 4 is 11.9 Å². The number of esters is 2. The minimum Gasteiger partial charge on any atom is -0.462 e. The maximum absolute atomic E-state index is 12.4. The second-order valence-electron chi connectivity index (χ2n) is 6.98. The zero-order chi connectivity index (χ0) is 18.0. The van der Waals surface area contributed by atoms with E-state index in [1.165, 1.54) is 6.26 Å². The fourth-order valence-electron chi connectivity index (χ4n) is 1.91. The lowest BCUT2D eigenvalue weighted by atomic mass is 9.87. The van der Waals surface area contributed by atoms with Crippen molar-refractivity contribution in [3.05, 3.63) is 24.0 Å². The lowest BCUT2D eigenvalue weighted by Gasteiger charge is -2.22. The lowest BCUT2D eigenvalue weighted by Crippen LogP contribution is -2.23. The number of hydrogen-bond donors (Lipinski definition) is 0. The summed E-state index contributed by atoms with van der Waals surface area (Å²) in [7, 11) is 0. The number of carbonyl (C=O) groups excluding carboxylic acids is 2. The van der Waals surface area contributed by atoms with Crippen molar-refractivity contribution in [1.29, 1.82) is 0 Å². The summed E-state index contributed by atoms with van der Waals surface area (Å²) in [4.78, 5) is 23.9. The molecule has 0 spiro atoms. The summed E-state index contributed by atoms with van der Waals surface area (Å²) >= 11 is 0. The van der Waals surface area contributed by atoms with Crippen LogP contribution in [0.2, 0.25) is 0 Å². The molecule has 0 bridgehead atoms. The van der Waals surface area contributed by atoms with Crippen molar-refractivity contribution in [2.75, 3.05) is 6.61 Å². The van der Waals surface area contributed by atoms with Gasteiger partial charge in [0.05, 0.1) is 12.2 Å². The van der Waals surface area contributed by atoms with E-state index < -0.39 is 17.4 Å². The average molecular weight is 324 g/mol. The standard InChI is InChI=1S/C19H32O4/c1-8-10-11-15(9-2)12-22-18(21)16(19(5,6)7)13-23-17(20)14(3)4/h13,15H,3,8-12H2,1-2,4-7H3/b16-13+. The molecule has 0 aliphatic rings. The van der Waals surface area contributed by atoms with Gasteiger partial charge in [-0.1, -0.05) is 60.5 Å². The van der Waals surface area contributed by atoms with Crippen LogP contribution in [0.5, 0.6) is 0 Å². The third kappa shape index (κ3) is 8.58. The van der Waals surface area contributed by atoms with Crippen LogP contribution in [0.1, 0.15) is 67.2 Å². The third-order valence-electron chi connectivity index (χ3n) is 3.65. The molecule has 0 radical (unpaired) electrons. The predicted molar refractivity (Wildman–Crippen MR) is 92.7 cm³/mol. The van der Waals surface area contributed by atoms with Gasteiger partial charge >= 0.3 is 11.9 Å². The molecule has 0 saturated heterocycles. The average Bonchev–Trinajstić information content (AvgIpc) is 2.45. The number of hydrogen-bond acceptors (Lipinski definition) is 4. The molecule has 23 heavy (non-hydrogen) atoms. The van der Waals surface area contributed by atoms with Gasteiger partial charge in [0.1, 0.15) is 6.26 Å². The van der Waals surface area contributed by atoms with E-state index in [2.05, 4.69) is 20.4 Å². The van der Waals surface area contributed by atoms with Crippen LogP contribution in [-0.4, -0.2) is 18.5 Å². The van der Waals surface area contributed by atoms with Gasteiger partial charge in [0.15, 0.2) is 0 Å². The molecule has 0 aromatic rings. The Morgan fingerprint density at radius 2 is 1.78 bits per heavy atom. The number of rotatable bonds is 9. The molecule has 132 valence electrons. The summed E-state index contributed by atoms with van der Waals surface area (Å²) in [5.74, 6) is -0.603. The van der Waals surface area contributed by atoms with E-state index in [1.807, 2.05) is 20.8 Å². The number of unbranched alkanes of at least 4 members (excludes halogenated alkanes) is 1. The first-order valence-corrected chi connectivity index (χ1v) is 8.37. The van der Waals surface area contributed by atoms with Crippen molar-refractivity contribution in [2.45, 2.75) is 67.2 Å². The fourth-order valence-corrected chi connectivity index (χ4v) is 1.91. The minimum atomic E-state index is -0.547. The first kappa shape index (κ1) is 21.4. The zero-order valence-electron chi connectivity index (χ0n) is 15.5. The highest BCUT2D eigenvalue weighted by Gasteiger charge is 2.27. The Bertz CT molecular complexity index is 441. The SMILES string of the molecule is C=C(C)C(=O)O/C=C(\C(=O)OCC(CC)CCCC)C(C)(C)C. The smallest absolute Gasteiger partial charge is 0.337 e. The molecule has 0 heterocycles. The summed E-state index contributed by atoms with van der Waals surface area (Å²) < 4.78 is 10.5. The van der Waals surface area contributed by atoms with Crippen LogP contribution in [-0.2, 0) is 19.1 Å². The molecule has 1 unspecified atom stereocenters. The van der Waals surface area contributed by atoms with Crippen LogP contribution in [0.3, 0.4) is 0 Å². The van der Waals surface area contributed by atoms with Crippen LogP contribution in [0.15, 0.2) is 24.0 Å². The van der Waals surface area contributed by atoms with Crippen molar-refractivity contribution in [3.63, 3.8) is 0 Å². The van der Waals surface area contributed by atoms with Gasteiger partial charge in [0.2, 0.25) is 0 Å². The Hall–Kier alpha value is -1.58. The molecule has 0 aliphatic carbocycles. The highest BCUT2D eigenvalue weighted by molar-refractivity contribution is 5.91. The molecule has 4 heteroatoms. The number of ether oxygens (including phenoxy) is 2. The molecular formula is C19H32O4. The number of carbonyl (C=O) groups is 2. The van der Waals surface area contributed by atoms with Gasteiger partial charge in [-0.25, -0.2) is 9.59 Å². The van der Waals surface area contributed by atoms with Crippen LogP contribution in [0.25, 0.3) is 0 Å². The van der Waals surface area contributed by atoms with Crippen LogP contribution in [0, 0.1) is 11.3 Å². The molecule has 0 N–H and O–H groups in total. The molecular weight excluding hydrogens is 292 g/mol. The van der Waals surface area contributed by atoms with Gasteiger partial charge < -0.3 is 9.47 Å². The predicted octanol–water partition coefficient (Wildman–Crippen LogP) is 4.80. The Kier molecular flexibility index (Phi) is 9.54. The monoisotopic (exact) mass is 324 g/mol. The maximum atomic E-state index is 12.4. The Balaban J connectivity index is 4.86. The van der Waals surface area contributed by atoms with Crippen molar-refractivity contribution < 1.29 is 19.1 Å². The highest BCUT2D eigenvalue weighted by atomic mass is 16.5. The first-order chi connectivity index (χ1) is 10.6. The molecule has 0 rings (SSSR count). The van der Waals surface area contributed by atoms with Crippen LogP contribution < -0.4 is 0 Å². The van der Waals surface area contributed by atoms with Crippen LogP contribution >= 0.6 is 0 Å². The van der Waals surface area contributed by atoms with Gasteiger partial charge in [0.25, 0.3) is 0 Å². The fraction of sp³-hybridized carbons (Fsp3) is 0.684. The third-order valence-corrected chi connectivity index (χ3v) is 3.65. The molecule has 1 atom stereocenters. The molecule has 0 amide bonds. The molecule has 4 nitrogen and oxygen atoms in total. The van der Waals surface area contributed by atoms with Gasteiger partial charge in [-0.15, -0.1) is 0 Å². The van der Waals surface area contributed by atoms with Gasteiger partial charge in [-0.2, -0.15) is 0 Å². The quantitative estimate of drug-likeness (QED) is 0.347. The van der Waals surface area contributed by atoms with Crippen molar-refractivity contribution in [3.8, 4) is 0 Å². The lowest BCUT2D eigenvalue weighted by molar-refractivity contribution is -0.142. The van der Waals surface area contributed by atoms with Crippen molar-refractivity contribution in [1.82, 2.24) is 0 Å². The summed E-state index contributed by atoms with van der Waals surface area (Å²) in [5, 5.41) is 0. The summed E-state index contributed by atoms with van der Waals surface area (Å²) in [6.45, 7) is 15.4. The van der Waals surface area contributed by atoms with E-state index in [0.717, 1.165) is 25.7 Å². The Morgan fingerprint density at radius 1 is 1.17 bits per heavy atom. The van der Waals surface area contributed by atoms with Gasteiger partial charge in [0, 0.05) is 5.57 Å². The Labute approximate surface area is 140 Å². The summed E-state index contributed by atoms with van der Waals surface area (Å²) in [6.07, 6.45) is 5.50. The topological polar surface area (TPSA) is 52.6 Å².